The van der Waals surface area contributed by atoms with E-state index in [-0.39, 0.29) is 5.56 Å². The predicted molar refractivity (Wildman–Crippen MR) is 63.6 cm³/mol. The van der Waals surface area contributed by atoms with Crippen LogP contribution in [0.4, 0.5) is 0 Å². The molecular formula is C12H12ClNO. The molecule has 0 radical (unpaired) electrons. The third-order valence-electron chi connectivity index (χ3n) is 2.61. The molecule has 2 rings (SSSR count). The maximum absolute atomic E-state index is 11.9. The van der Waals surface area contributed by atoms with Crippen molar-refractivity contribution in [2.75, 3.05) is 0 Å². The first-order valence-electron chi connectivity index (χ1n) is 4.91. The molecule has 1 aromatic heterocycles. The van der Waals surface area contributed by atoms with Crippen LogP contribution in [0.1, 0.15) is 12.5 Å². The van der Waals surface area contributed by atoms with Crippen molar-refractivity contribution in [1.82, 2.24) is 4.57 Å². The van der Waals surface area contributed by atoms with Crippen molar-refractivity contribution in [3.05, 3.63) is 45.3 Å². The first kappa shape index (κ1) is 10.2. The van der Waals surface area contributed by atoms with Crippen LogP contribution in [0.5, 0.6) is 0 Å². The van der Waals surface area contributed by atoms with E-state index < -0.39 is 0 Å². The Morgan fingerprint density at radius 1 is 1.33 bits per heavy atom. The summed E-state index contributed by atoms with van der Waals surface area (Å²) >= 11 is 5.89. The van der Waals surface area contributed by atoms with E-state index in [9.17, 15) is 4.79 Å². The number of hydrogen-bond donors (Lipinski definition) is 0. The van der Waals surface area contributed by atoms with Crippen molar-refractivity contribution in [2.24, 2.45) is 7.05 Å². The Kier molecular flexibility index (Phi) is 2.53. The monoisotopic (exact) mass is 221 g/mol. The van der Waals surface area contributed by atoms with E-state index in [1.54, 1.807) is 17.7 Å². The zero-order valence-corrected chi connectivity index (χ0v) is 9.51. The van der Waals surface area contributed by atoms with Gasteiger partial charge in [0.05, 0.1) is 0 Å². The Bertz CT molecular complexity index is 572. The number of pyridine rings is 1. The summed E-state index contributed by atoms with van der Waals surface area (Å²) in [4.78, 5) is 11.9. The number of benzene rings is 1. The van der Waals surface area contributed by atoms with Crippen molar-refractivity contribution in [3.63, 3.8) is 0 Å². The molecule has 0 aliphatic rings. The normalized spacial score (nSPS) is 10.9. The zero-order chi connectivity index (χ0) is 11.0. The maximum Gasteiger partial charge on any atom is 0.258 e. The molecule has 0 aliphatic heterocycles. The Labute approximate surface area is 93.1 Å². The lowest BCUT2D eigenvalue weighted by atomic mass is 10.1. The van der Waals surface area contributed by atoms with Gasteiger partial charge in [-0.05, 0) is 29.5 Å². The number of halogens is 1. The summed E-state index contributed by atoms with van der Waals surface area (Å²) in [5.41, 5.74) is 1.17. The van der Waals surface area contributed by atoms with Crippen molar-refractivity contribution in [3.8, 4) is 0 Å². The third-order valence-corrected chi connectivity index (χ3v) is 2.84. The molecule has 0 saturated carbocycles. The molecule has 0 aliphatic carbocycles. The summed E-state index contributed by atoms with van der Waals surface area (Å²) in [6.45, 7) is 2.08. The zero-order valence-electron chi connectivity index (χ0n) is 8.75. The highest BCUT2D eigenvalue weighted by Gasteiger charge is 2.05. The first-order chi connectivity index (χ1) is 7.13. The fourth-order valence-electron chi connectivity index (χ4n) is 1.81. The number of hydrogen-bond acceptors (Lipinski definition) is 1. The van der Waals surface area contributed by atoms with Crippen LogP contribution in [0.2, 0.25) is 5.02 Å². The fraction of sp³-hybridized carbons (Fsp3) is 0.250. The molecule has 0 bridgehead atoms. The minimum absolute atomic E-state index is 0.00435. The molecule has 0 N–H and O–H groups in total. The van der Waals surface area contributed by atoms with Gasteiger partial charge >= 0.3 is 0 Å². The lowest BCUT2D eigenvalue weighted by molar-refractivity contribution is 0.857. The van der Waals surface area contributed by atoms with Crippen molar-refractivity contribution in [2.45, 2.75) is 13.3 Å². The van der Waals surface area contributed by atoms with Gasteiger partial charge in [-0.2, -0.15) is 0 Å². The number of aryl methyl sites for hydroxylation is 2. The van der Waals surface area contributed by atoms with Crippen molar-refractivity contribution in [1.29, 1.82) is 0 Å². The van der Waals surface area contributed by atoms with Crippen LogP contribution in [-0.4, -0.2) is 4.57 Å². The van der Waals surface area contributed by atoms with Gasteiger partial charge in [0.25, 0.3) is 5.56 Å². The second kappa shape index (κ2) is 3.70. The van der Waals surface area contributed by atoms with Crippen molar-refractivity contribution < 1.29 is 0 Å². The summed E-state index contributed by atoms with van der Waals surface area (Å²) in [5, 5.41) is 2.31. The van der Waals surface area contributed by atoms with Crippen LogP contribution in [0.25, 0.3) is 10.8 Å². The van der Waals surface area contributed by atoms with Gasteiger partial charge < -0.3 is 4.57 Å². The van der Waals surface area contributed by atoms with Gasteiger partial charge in [0.2, 0.25) is 0 Å². The minimum atomic E-state index is 0.00435. The molecule has 0 fully saturated rings. The van der Waals surface area contributed by atoms with Crippen molar-refractivity contribution >= 4 is 22.4 Å². The fourth-order valence-corrected chi connectivity index (χ4v) is 1.98. The Hall–Kier alpha value is -1.28. The molecule has 3 heteroatoms. The van der Waals surface area contributed by atoms with Crippen LogP contribution in [0.15, 0.2) is 29.2 Å². The van der Waals surface area contributed by atoms with Gasteiger partial charge in [0, 0.05) is 23.7 Å². The Balaban J connectivity index is 2.96. The SMILES string of the molecule is CCc1cn(C)c(=O)c2cc(Cl)ccc12. The maximum atomic E-state index is 11.9. The predicted octanol–water partition coefficient (Wildman–Crippen LogP) is 2.75. The summed E-state index contributed by atoms with van der Waals surface area (Å²) in [6.07, 6.45) is 2.80. The summed E-state index contributed by atoms with van der Waals surface area (Å²) in [6, 6.07) is 5.47. The molecule has 78 valence electrons. The summed E-state index contributed by atoms with van der Waals surface area (Å²) in [7, 11) is 1.77. The van der Waals surface area contributed by atoms with Crippen LogP contribution in [0, 0.1) is 0 Å². The Morgan fingerprint density at radius 3 is 2.73 bits per heavy atom. The van der Waals surface area contributed by atoms with E-state index >= 15 is 0 Å². The Morgan fingerprint density at radius 2 is 2.07 bits per heavy atom. The highest BCUT2D eigenvalue weighted by molar-refractivity contribution is 6.31. The molecule has 0 atom stereocenters. The largest absolute Gasteiger partial charge is 0.318 e. The van der Waals surface area contributed by atoms with E-state index in [2.05, 4.69) is 6.92 Å². The molecule has 2 aromatic rings. The van der Waals surface area contributed by atoms with Crippen LogP contribution in [0.3, 0.4) is 0 Å². The summed E-state index contributed by atoms with van der Waals surface area (Å²) in [5.74, 6) is 0. The highest BCUT2D eigenvalue weighted by Crippen LogP contribution is 2.19. The summed E-state index contributed by atoms with van der Waals surface area (Å²) < 4.78 is 1.61. The van der Waals surface area contributed by atoms with E-state index in [0.717, 1.165) is 11.8 Å². The second-order valence-electron chi connectivity index (χ2n) is 3.61. The third kappa shape index (κ3) is 1.65. The average Bonchev–Trinajstić information content (AvgIpc) is 2.23. The number of aromatic nitrogens is 1. The lowest BCUT2D eigenvalue weighted by Gasteiger charge is -2.07. The van der Waals surface area contributed by atoms with Gasteiger partial charge in [-0.25, -0.2) is 0 Å². The number of nitrogens with zero attached hydrogens (tertiary/aromatic N) is 1. The van der Waals surface area contributed by atoms with Gasteiger partial charge in [-0.15, -0.1) is 0 Å². The van der Waals surface area contributed by atoms with E-state index in [1.807, 2.05) is 18.3 Å². The van der Waals surface area contributed by atoms with E-state index in [0.29, 0.717) is 10.4 Å². The smallest absolute Gasteiger partial charge is 0.258 e. The number of rotatable bonds is 1. The number of fused-ring (bicyclic) bond motifs is 1. The minimum Gasteiger partial charge on any atom is -0.318 e. The van der Waals surface area contributed by atoms with Gasteiger partial charge in [0.15, 0.2) is 0 Å². The van der Waals surface area contributed by atoms with Gasteiger partial charge in [-0.3, -0.25) is 4.79 Å². The topological polar surface area (TPSA) is 22.0 Å². The quantitative estimate of drug-likeness (QED) is 0.726. The standard InChI is InChI=1S/C12H12ClNO/c1-3-8-7-14(2)12(15)11-6-9(13)4-5-10(8)11/h4-7H,3H2,1-2H3. The average molecular weight is 222 g/mol. The molecule has 0 amide bonds. The van der Waals surface area contributed by atoms with Crippen LogP contribution in [-0.2, 0) is 13.5 Å². The van der Waals surface area contributed by atoms with E-state index in [4.69, 9.17) is 11.6 Å². The molecule has 15 heavy (non-hydrogen) atoms. The molecule has 0 spiro atoms. The molecule has 1 aromatic carbocycles. The van der Waals surface area contributed by atoms with Gasteiger partial charge in [-0.1, -0.05) is 24.6 Å². The van der Waals surface area contributed by atoms with E-state index in [1.165, 1.54) is 5.56 Å². The van der Waals surface area contributed by atoms with Gasteiger partial charge in [0.1, 0.15) is 0 Å². The van der Waals surface area contributed by atoms with Crippen LogP contribution >= 0.6 is 11.6 Å². The lowest BCUT2D eigenvalue weighted by Crippen LogP contribution is -2.17. The molecule has 2 nitrogen and oxygen atoms in total. The molecule has 0 unspecified atom stereocenters. The first-order valence-corrected chi connectivity index (χ1v) is 5.29. The highest BCUT2D eigenvalue weighted by atomic mass is 35.5. The molecule has 1 heterocycles. The second-order valence-corrected chi connectivity index (χ2v) is 4.05. The van der Waals surface area contributed by atoms with Crippen LogP contribution < -0.4 is 5.56 Å². The molecular weight excluding hydrogens is 210 g/mol. The molecule has 0 saturated heterocycles.